The highest BCUT2D eigenvalue weighted by molar-refractivity contribution is 6.30. The molecule has 1 fully saturated rings. The van der Waals surface area contributed by atoms with Gasteiger partial charge in [0.2, 0.25) is 0 Å². The predicted octanol–water partition coefficient (Wildman–Crippen LogP) is 4.33. The summed E-state index contributed by atoms with van der Waals surface area (Å²) in [5, 5.41) is 12.7. The molecular formula is C23H20ClNO2. The predicted molar refractivity (Wildman–Crippen MR) is 106 cm³/mol. The van der Waals surface area contributed by atoms with E-state index in [-0.39, 0.29) is 5.92 Å². The fourth-order valence-electron chi connectivity index (χ4n) is 4.96. The van der Waals surface area contributed by atoms with Gasteiger partial charge in [-0.15, -0.1) is 0 Å². The lowest BCUT2D eigenvalue weighted by molar-refractivity contribution is -0.112. The fraction of sp³-hybridized carbons (Fsp3) is 0.217. The Balaban J connectivity index is 1.80. The molecule has 0 spiro atoms. The fourth-order valence-corrected chi connectivity index (χ4v) is 5.08. The van der Waals surface area contributed by atoms with Crippen LogP contribution in [0.25, 0.3) is 0 Å². The van der Waals surface area contributed by atoms with Crippen LogP contribution in [0.3, 0.4) is 0 Å². The second-order valence-electron chi connectivity index (χ2n) is 7.41. The second-order valence-corrected chi connectivity index (χ2v) is 7.85. The van der Waals surface area contributed by atoms with Crippen LogP contribution in [0.1, 0.15) is 29.0 Å². The third-order valence-corrected chi connectivity index (χ3v) is 6.38. The Morgan fingerprint density at radius 3 is 2.33 bits per heavy atom. The standard InChI is InChI=1S/C23H20ClNO2/c24-17-12-10-16(11-13-17)23-19(15-6-2-1-3-7-15)14-21(25)22(23,26)18-8-4-5-9-20(18)27-23/h1-13,19,21,26H,14,25H2/t19-,21-,22-,23-/m0/s1. The van der Waals surface area contributed by atoms with Crippen molar-refractivity contribution < 1.29 is 9.84 Å². The number of hydrogen-bond acceptors (Lipinski definition) is 3. The van der Waals surface area contributed by atoms with Crippen LogP contribution in [0.4, 0.5) is 0 Å². The Labute approximate surface area is 163 Å². The van der Waals surface area contributed by atoms with Gasteiger partial charge in [-0.3, -0.25) is 0 Å². The Bertz CT molecular complexity index is 991. The van der Waals surface area contributed by atoms with Gasteiger partial charge in [-0.2, -0.15) is 0 Å². The molecule has 3 N–H and O–H groups in total. The average molecular weight is 378 g/mol. The average Bonchev–Trinajstić information content (AvgIpc) is 3.10. The van der Waals surface area contributed by atoms with Crippen molar-refractivity contribution in [2.75, 3.05) is 0 Å². The zero-order valence-corrected chi connectivity index (χ0v) is 15.4. The van der Waals surface area contributed by atoms with Crippen molar-refractivity contribution in [2.45, 2.75) is 29.6 Å². The molecule has 0 unspecified atom stereocenters. The van der Waals surface area contributed by atoms with Gasteiger partial charge >= 0.3 is 0 Å². The number of benzene rings is 3. The maximum atomic E-state index is 12.1. The van der Waals surface area contributed by atoms with E-state index in [2.05, 4.69) is 12.1 Å². The monoisotopic (exact) mass is 377 g/mol. The van der Waals surface area contributed by atoms with E-state index >= 15 is 0 Å². The zero-order chi connectivity index (χ0) is 18.6. The first-order valence-corrected chi connectivity index (χ1v) is 9.52. The molecule has 27 heavy (non-hydrogen) atoms. The van der Waals surface area contributed by atoms with E-state index in [0.717, 1.165) is 16.7 Å². The number of aliphatic hydroxyl groups is 1. The highest BCUT2D eigenvalue weighted by Crippen LogP contribution is 2.65. The molecule has 3 aromatic rings. The summed E-state index contributed by atoms with van der Waals surface area (Å²) < 4.78 is 6.61. The van der Waals surface area contributed by atoms with Gasteiger partial charge in [0.25, 0.3) is 0 Å². The van der Waals surface area contributed by atoms with Crippen LogP contribution in [0.5, 0.6) is 5.75 Å². The lowest BCUT2D eigenvalue weighted by atomic mass is 9.71. The number of para-hydroxylation sites is 1. The summed E-state index contributed by atoms with van der Waals surface area (Å²) >= 11 is 6.14. The normalized spacial score (nSPS) is 31.2. The van der Waals surface area contributed by atoms with Crippen LogP contribution < -0.4 is 10.5 Å². The summed E-state index contributed by atoms with van der Waals surface area (Å²) in [7, 11) is 0. The third-order valence-electron chi connectivity index (χ3n) is 6.13. The molecule has 0 amide bonds. The van der Waals surface area contributed by atoms with Crippen molar-refractivity contribution in [1.29, 1.82) is 0 Å². The molecule has 0 radical (unpaired) electrons. The Morgan fingerprint density at radius 1 is 0.926 bits per heavy atom. The molecule has 3 aromatic carbocycles. The molecule has 4 atom stereocenters. The first-order chi connectivity index (χ1) is 13.1. The van der Waals surface area contributed by atoms with E-state index in [1.807, 2.05) is 66.7 Å². The minimum absolute atomic E-state index is 0.0905. The van der Waals surface area contributed by atoms with E-state index in [1.54, 1.807) is 0 Å². The molecule has 0 bridgehead atoms. The highest BCUT2D eigenvalue weighted by atomic mass is 35.5. The minimum atomic E-state index is -1.32. The van der Waals surface area contributed by atoms with Crippen LogP contribution >= 0.6 is 11.6 Å². The summed E-state index contributed by atoms with van der Waals surface area (Å²) in [4.78, 5) is 0. The number of ether oxygens (including phenoxy) is 1. The van der Waals surface area contributed by atoms with Gasteiger partial charge in [0.1, 0.15) is 5.75 Å². The van der Waals surface area contributed by atoms with E-state index in [4.69, 9.17) is 22.1 Å². The molecule has 1 saturated carbocycles. The molecule has 1 heterocycles. The van der Waals surface area contributed by atoms with Crippen LogP contribution in [0, 0.1) is 0 Å². The van der Waals surface area contributed by atoms with Crippen molar-refractivity contribution in [3.63, 3.8) is 0 Å². The Hall–Kier alpha value is -2.33. The highest BCUT2D eigenvalue weighted by Gasteiger charge is 2.71. The number of fused-ring (bicyclic) bond motifs is 3. The number of hydrogen-bond donors (Lipinski definition) is 2. The van der Waals surface area contributed by atoms with Crippen molar-refractivity contribution >= 4 is 11.6 Å². The number of halogens is 1. The second kappa shape index (κ2) is 5.83. The zero-order valence-electron chi connectivity index (χ0n) is 14.7. The molecule has 1 aliphatic heterocycles. The van der Waals surface area contributed by atoms with E-state index < -0.39 is 17.2 Å². The molecule has 5 rings (SSSR count). The van der Waals surface area contributed by atoms with Crippen LogP contribution in [0.2, 0.25) is 5.02 Å². The summed E-state index contributed by atoms with van der Waals surface area (Å²) in [5.41, 5.74) is 7.01. The van der Waals surface area contributed by atoms with Gasteiger partial charge < -0.3 is 15.6 Å². The van der Waals surface area contributed by atoms with Gasteiger partial charge in [-0.25, -0.2) is 0 Å². The van der Waals surface area contributed by atoms with Gasteiger partial charge in [-0.05, 0) is 35.7 Å². The van der Waals surface area contributed by atoms with Crippen LogP contribution in [0.15, 0.2) is 78.9 Å². The summed E-state index contributed by atoms with van der Waals surface area (Å²) in [6.07, 6.45) is 0.622. The van der Waals surface area contributed by atoms with Gasteiger partial charge in [0.15, 0.2) is 11.2 Å². The van der Waals surface area contributed by atoms with Gasteiger partial charge in [0, 0.05) is 22.5 Å². The first kappa shape index (κ1) is 16.8. The van der Waals surface area contributed by atoms with Crippen LogP contribution in [-0.4, -0.2) is 11.1 Å². The van der Waals surface area contributed by atoms with E-state index in [9.17, 15) is 5.11 Å². The molecule has 0 saturated heterocycles. The lowest BCUT2D eigenvalue weighted by Crippen LogP contribution is -2.54. The van der Waals surface area contributed by atoms with Crippen molar-refractivity contribution in [3.05, 3.63) is 101 Å². The largest absolute Gasteiger partial charge is 0.478 e. The summed E-state index contributed by atoms with van der Waals surface area (Å²) in [6, 6.07) is 24.9. The van der Waals surface area contributed by atoms with Crippen molar-refractivity contribution in [1.82, 2.24) is 0 Å². The third kappa shape index (κ3) is 2.10. The van der Waals surface area contributed by atoms with Gasteiger partial charge in [0.05, 0.1) is 0 Å². The van der Waals surface area contributed by atoms with E-state index in [1.165, 1.54) is 0 Å². The van der Waals surface area contributed by atoms with Gasteiger partial charge in [-0.1, -0.05) is 72.3 Å². The Morgan fingerprint density at radius 2 is 1.59 bits per heavy atom. The van der Waals surface area contributed by atoms with Crippen molar-refractivity contribution in [2.24, 2.45) is 5.73 Å². The molecule has 2 aliphatic rings. The molecular weight excluding hydrogens is 358 g/mol. The van der Waals surface area contributed by atoms with E-state index in [0.29, 0.717) is 17.2 Å². The van der Waals surface area contributed by atoms with Crippen LogP contribution in [-0.2, 0) is 11.2 Å². The molecule has 3 nitrogen and oxygen atoms in total. The lowest BCUT2D eigenvalue weighted by Gasteiger charge is -2.41. The summed E-state index contributed by atoms with van der Waals surface area (Å²) in [6.45, 7) is 0. The minimum Gasteiger partial charge on any atom is -0.478 e. The molecule has 0 aromatic heterocycles. The molecule has 136 valence electrons. The molecule has 1 aliphatic carbocycles. The smallest absolute Gasteiger partial charge is 0.175 e. The maximum Gasteiger partial charge on any atom is 0.175 e. The molecule has 4 heteroatoms. The SMILES string of the molecule is N[C@H]1C[C@@H](c2ccccc2)[C@]2(c3ccc(Cl)cc3)Oc3ccccc3[C@]12O. The van der Waals surface area contributed by atoms with Crippen molar-refractivity contribution in [3.8, 4) is 5.75 Å². The first-order valence-electron chi connectivity index (χ1n) is 9.15. The summed E-state index contributed by atoms with van der Waals surface area (Å²) in [5.74, 6) is 0.596. The topological polar surface area (TPSA) is 55.5 Å². The number of nitrogens with two attached hydrogens (primary N) is 1. The quantitative estimate of drug-likeness (QED) is 0.698. The Kier molecular flexibility index (Phi) is 3.63. The number of rotatable bonds is 2. The maximum absolute atomic E-state index is 12.1.